The summed E-state index contributed by atoms with van der Waals surface area (Å²) in [5.41, 5.74) is 2.27. The summed E-state index contributed by atoms with van der Waals surface area (Å²) in [5, 5.41) is 15.2. The number of nitrogens with zero attached hydrogens (tertiary/aromatic N) is 3. The van der Waals surface area contributed by atoms with E-state index in [0.717, 1.165) is 16.7 Å². The molecular weight excluding hydrogens is 368 g/mol. The third-order valence-electron chi connectivity index (χ3n) is 3.90. The number of halogens is 1. The first-order chi connectivity index (χ1) is 13.0. The van der Waals surface area contributed by atoms with Gasteiger partial charge in [-0.1, -0.05) is 41.9 Å². The van der Waals surface area contributed by atoms with Crippen LogP contribution in [0.15, 0.2) is 48.8 Å². The normalized spacial score (nSPS) is 10.5. The number of ether oxygens (including phenoxy) is 1. The number of nitro groups is 1. The van der Waals surface area contributed by atoms with Crippen LogP contribution in [0.4, 0.5) is 11.5 Å². The maximum atomic E-state index is 11.6. The number of benzene rings is 2. The van der Waals surface area contributed by atoms with Gasteiger partial charge in [-0.3, -0.25) is 10.1 Å². The van der Waals surface area contributed by atoms with Gasteiger partial charge in [0.2, 0.25) is 5.82 Å². The van der Waals surface area contributed by atoms with Gasteiger partial charge in [0.25, 0.3) is 0 Å². The van der Waals surface area contributed by atoms with Crippen LogP contribution in [0.5, 0.6) is 11.6 Å². The molecule has 0 aliphatic heterocycles. The lowest BCUT2D eigenvalue weighted by Crippen LogP contribution is -2.07. The summed E-state index contributed by atoms with van der Waals surface area (Å²) in [4.78, 5) is 19.0. The van der Waals surface area contributed by atoms with E-state index in [4.69, 9.17) is 16.3 Å². The van der Waals surface area contributed by atoms with Gasteiger partial charge >= 0.3 is 11.6 Å². The zero-order valence-corrected chi connectivity index (χ0v) is 15.5. The molecule has 0 spiro atoms. The molecule has 0 saturated heterocycles. The molecule has 0 atom stereocenters. The molecule has 138 valence electrons. The van der Waals surface area contributed by atoms with Gasteiger partial charge < -0.3 is 10.1 Å². The highest BCUT2D eigenvalue weighted by Crippen LogP contribution is 2.35. The number of hydrogen-bond donors (Lipinski definition) is 1. The molecule has 2 aromatic carbocycles. The highest BCUT2D eigenvalue weighted by molar-refractivity contribution is 6.32. The molecule has 3 aromatic rings. The smallest absolute Gasteiger partial charge is 0.373 e. The Hall–Kier alpha value is -3.19. The summed E-state index contributed by atoms with van der Waals surface area (Å²) < 4.78 is 5.69. The fourth-order valence-corrected chi connectivity index (χ4v) is 2.70. The molecule has 7 nitrogen and oxygen atoms in total. The van der Waals surface area contributed by atoms with E-state index in [9.17, 15) is 10.1 Å². The fourth-order valence-electron chi connectivity index (χ4n) is 2.59. The molecule has 0 amide bonds. The Kier molecular flexibility index (Phi) is 5.52. The average Bonchev–Trinajstić information content (AvgIpc) is 2.65. The van der Waals surface area contributed by atoms with Crippen LogP contribution >= 0.6 is 11.6 Å². The lowest BCUT2D eigenvalue weighted by molar-refractivity contribution is -0.385. The van der Waals surface area contributed by atoms with E-state index in [1.165, 1.54) is 6.33 Å². The van der Waals surface area contributed by atoms with Crippen molar-refractivity contribution in [3.05, 3.63) is 80.6 Å². The van der Waals surface area contributed by atoms with Crippen LogP contribution in [-0.2, 0) is 6.54 Å². The summed E-state index contributed by atoms with van der Waals surface area (Å²) in [5.74, 6) is 0.383. The van der Waals surface area contributed by atoms with E-state index >= 15 is 0 Å². The van der Waals surface area contributed by atoms with E-state index in [1.807, 2.05) is 44.2 Å². The maximum absolute atomic E-state index is 11.6. The molecule has 8 heteroatoms. The van der Waals surface area contributed by atoms with Crippen molar-refractivity contribution >= 4 is 23.1 Å². The van der Waals surface area contributed by atoms with Gasteiger partial charge in [-0.2, -0.15) is 4.98 Å². The van der Waals surface area contributed by atoms with Crippen LogP contribution in [-0.4, -0.2) is 14.9 Å². The van der Waals surface area contributed by atoms with Crippen LogP contribution in [0.1, 0.15) is 16.7 Å². The SMILES string of the molecule is Cc1cc(Oc2ncnc(NCc3ccccc3)c2[N+](=O)[O-])cc(C)c1Cl. The van der Waals surface area contributed by atoms with Crippen molar-refractivity contribution in [1.82, 2.24) is 9.97 Å². The number of aryl methyl sites for hydroxylation is 2. The average molecular weight is 385 g/mol. The molecular formula is C19H17ClN4O3. The Labute approximate surface area is 161 Å². The molecule has 27 heavy (non-hydrogen) atoms. The molecule has 0 unspecified atom stereocenters. The standard InChI is InChI=1S/C19H17ClN4O3/c1-12-8-15(9-13(2)16(12)20)27-19-17(24(25)26)18(22-11-23-19)21-10-14-6-4-3-5-7-14/h3-9,11H,10H2,1-2H3,(H,21,22,23). The topological polar surface area (TPSA) is 90.2 Å². The van der Waals surface area contributed by atoms with E-state index in [2.05, 4.69) is 15.3 Å². The second kappa shape index (κ2) is 8.01. The van der Waals surface area contributed by atoms with E-state index in [0.29, 0.717) is 17.3 Å². The monoisotopic (exact) mass is 384 g/mol. The molecule has 1 N–H and O–H groups in total. The van der Waals surface area contributed by atoms with Gasteiger partial charge in [-0.15, -0.1) is 0 Å². The van der Waals surface area contributed by atoms with E-state index < -0.39 is 4.92 Å². The van der Waals surface area contributed by atoms with Crippen molar-refractivity contribution < 1.29 is 9.66 Å². The largest absolute Gasteiger partial charge is 0.434 e. The van der Waals surface area contributed by atoms with Crippen molar-refractivity contribution in [1.29, 1.82) is 0 Å². The van der Waals surface area contributed by atoms with Gasteiger partial charge in [-0.25, -0.2) is 4.98 Å². The van der Waals surface area contributed by atoms with Crippen molar-refractivity contribution in [3.63, 3.8) is 0 Å². The zero-order valence-electron chi connectivity index (χ0n) is 14.8. The number of rotatable bonds is 6. The molecule has 0 aliphatic rings. The Morgan fingerprint density at radius 3 is 2.44 bits per heavy atom. The van der Waals surface area contributed by atoms with Gasteiger partial charge in [0.15, 0.2) is 0 Å². The lowest BCUT2D eigenvalue weighted by atomic mass is 10.1. The van der Waals surface area contributed by atoms with E-state index in [1.54, 1.807) is 12.1 Å². The van der Waals surface area contributed by atoms with Crippen molar-refractivity contribution in [2.75, 3.05) is 5.32 Å². The summed E-state index contributed by atoms with van der Waals surface area (Å²) in [6.45, 7) is 4.06. The predicted octanol–water partition coefficient (Wildman–Crippen LogP) is 5.06. The molecule has 0 bridgehead atoms. The minimum absolute atomic E-state index is 0.0938. The third-order valence-corrected chi connectivity index (χ3v) is 4.49. The van der Waals surface area contributed by atoms with Gasteiger partial charge in [0.05, 0.1) is 4.92 Å². The molecule has 1 heterocycles. The first kappa shape index (κ1) is 18.6. The van der Waals surface area contributed by atoms with E-state index in [-0.39, 0.29) is 17.4 Å². The Morgan fingerprint density at radius 2 is 1.81 bits per heavy atom. The molecule has 3 rings (SSSR count). The van der Waals surface area contributed by atoms with Crippen LogP contribution in [0.3, 0.4) is 0 Å². The number of hydrogen-bond acceptors (Lipinski definition) is 6. The molecule has 0 saturated carbocycles. The summed E-state index contributed by atoms with van der Waals surface area (Å²) in [6, 6.07) is 12.9. The molecule has 0 aliphatic carbocycles. The Bertz CT molecular complexity index is 957. The summed E-state index contributed by atoms with van der Waals surface area (Å²) in [6.07, 6.45) is 1.23. The zero-order chi connectivity index (χ0) is 19.4. The van der Waals surface area contributed by atoms with Crippen molar-refractivity contribution in [3.8, 4) is 11.6 Å². The van der Waals surface area contributed by atoms with Gasteiger partial charge in [-0.05, 0) is 42.7 Å². The second-order valence-electron chi connectivity index (χ2n) is 5.95. The number of nitrogens with one attached hydrogen (secondary N) is 1. The van der Waals surface area contributed by atoms with Crippen LogP contribution in [0.2, 0.25) is 5.02 Å². The second-order valence-corrected chi connectivity index (χ2v) is 6.32. The summed E-state index contributed by atoms with van der Waals surface area (Å²) in [7, 11) is 0. The Balaban J connectivity index is 1.90. The Morgan fingerprint density at radius 1 is 1.15 bits per heavy atom. The first-order valence-corrected chi connectivity index (χ1v) is 8.55. The van der Waals surface area contributed by atoms with Crippen molar-refractivity contribution in [2.24, 2.45) is 0 Å². The van der Waals surface area contributed by atoms with Gasteiger partial charge in [0.1, 0.15) is 12.1 Å². The van der Waals surface area contributed by atoms with Crippen LogP contribution in [0, 0.1) is 24.0 Å². The lowest BCUT2D eigenvalue weighted by Gasteiger charge is -2.11. The highest BCUT2D eigenvalue weighted by atomic mass is 35.5. The van der Waals surface area contributed by atoms with Crippen LogP contribution < -0.4 is 10.1 Å². The minimum atomic E-state index is -0.557. The first-order valence-electron chi connectivity index (χ1n) is 8.17. The molecule has 1 aromatic heterocycles. The predicted molar refractivity (Wildman–Crippen MR) is 103 cm³/mol. The third kappa shape index (κ3) is 4.32. The quantitative estimate of drug-likeness (QED) is 0.472. The molecule has 0 fully saturated rings. The van der Waals surface area contributed by atoms with Crippen molar-refractivity contribution in [2.45, 2.75) is 20.4 Å². The van der Waals surface area contributed by atoms with Crippen LogP contribution in [0.25, 0.3) is 0 Å². The number of aromatic nitrogens is 2. The maximum Gasteiger partial charge on any atom is 0.373 e. The molecule has 0 radical (unpaired) electrons. The summed E-state index contributed by atoms with van der Waals surface area (Å²) >= 11 is 6.16. The fraction of sp³-hybridized carbons (Fsp3) is 0.158. The highest BCUT2D eigenvalue weighted by Gasteiger charge is 2.25. The number of anilines is 1. The van der Waals surface area contributed by atoms with Gasteiger partial charge in [0, 0.05) is 11.6 Å². The minimum Gasteiger partial charge on any atom is -0.434 e.